The van der Waals surface area contributed by atoms with Crippen molar-refractivity contribution in [2.45, 2.75) is 39.2 Å². The lowest BCUT2D eigenvalue weighted by atomic mass is 10.1. The molecule has 0 amide bonds. The predicted molar refractivity (Wildman–Crippen MR) is 72.7 cm³/mol. The maximum Gasteiger partial charge on any atom is 0.137 e. The first kappa shape index (κ1) is 13.1. The molecule has 1 aliphatic rings. The highest BCUT2D eigenvalue weighted by atomic mass is 16.5. The van der Waals surface area contributed by atoms with E-state index in [1.54, 1.807) is 6.33 Å². The van der Waals surface area contributed by atoms with E-state index in [9.17, 15) is 0 Å². The Labute approximate surface area is 108 Å². The Morgan fingerprint density at radius 1 is 1.44 bits per heavy atom. The normalized spacial score (nSPS) is 20.1. The molecular formula is C13H22N4O. The number of hydrogen-bond acceptors (Lipinski definition) is 5. The zero-order chi connectivity index (χ0) is 13.0. The molecule has 1 unspecified atom stereocenters. The number of nitrogen functional groups attached to an aromatic ring is 1. The van der Waals surface area contributed by atoms with E-state index in [2.05, 4.69) is 28.7 Å². The van der Waals surface area contributed by atoms with Gasteiger partial charge in [0.05, 0.1) is 12.7 Å². The summed E-state index contributed by atoms with van der Waals surface area (Å²) >= 11 is 0. The SMILES string of the molecule is CCCc1c(N)ncnc1N1CCOC(CC)C1. The Morgan fingerprint density at radius 2 is 2.28 bits per heavy atom. The second-order valence-electron chi connectivity index (χ2n) is 4.66. The molecule has 18 heavy (non-hydrogen) atoms. The van der Waals surface area contributed by atoms with Gasteiger partial charge >= 0.3 is 0 Å². The average Bonchev–Trinajstić information content (AvgIpc) is 2.41. The quantitative estimate of drug-likeness (QED) is 0.879. The number of morpholine rings is 1. The topological polar surface area (TPSA) is 64.3 Å². The fraction of sp³-hybridized carbons (Fsp3) is 0.692. The lowest BCUT2D eigenvalue weighted by Crippen LogP contribution is -2.43. The van der Waals surface area contributed by atoms with E-state index < -0.39 is 0 Å². The molecule has 0 bridgehead atoms. The summed E-state index contributed by atoms with van der Waals surface area (Å²) < 4.78 is 5.69. The van der Waals surface area contributed by atoms with Crippen LogP contribution in [0.1, 0.15) is 32.3 Å². The number of nitrogens with zero attached hydrogens (tertiary/aromatic N) is 3. The Hall–Kier alpha value is -1.36. The van der Waals surface area contributed by atoms with Gasteiger partial charge in [0.25, 0.3) is 0 Å². The first-order chi connectivity index (χ1) is 8.76. The van der Waals surface area contributed by atoms with Gasteiger partial charge in [-0.1, -0.05) is 20.3 Å². The van der Waals surface area contributed by atoms with Crippen LogP contribution in [-0.4, -0.2) is 35.8 Å². The van der Waals surface area contributed by atoms with E-state index in [0.717, 1.165) is 50.3 Å². The first-order valence-electron chi connectivity index (χ1n) is 6.72. The number of ether oxygens (including phenoxy) is 1. The molecule has 0 saturated carbocycles. The summed E-state index contributed by atoms with van der Waals surface area (Å²) in [5.41, 5.74) is 7.05. The van der Waals surface area contributed by atoms with Crippen molar-refractivity contribution in [3.05, 3.63) is 11.9 Å². The maximum absolute atomic E-state index is 5.97. The van der Waals surface area contributed by atoms with Crippen molar-refractivity contribution in [1.82, 2.24) is 9.97 Å². The second kappa shape index (κ2) is 6.00. The predicted octanol–water partition coefficient (Wildman–Crippen LogP) is 1.63. The molecule has 2 rings (SSSR count). The monoisotopic (exact) mass is 250 g/mol. The molecule has 2 N–H and O–H groups in total. The van der Waals surface area contributed by atoms with Crippen molar-refractivity contribution < 1.29 is 4.74 Å². The summed E-state index contributed by atoms with van der Waals surface area (Å²) in [7, 11) is 0. The van der Waals surface area contributed by atoms with Crippen molar-refractivity contribution in [2.24, 2.45) is 0 Å². The van der Waals surface area contributed by atoms with Gasteiger partial charge in [-0.2, -0.15) is 0 Å². The van der Waals surface area contributed by atoms with Crippen molar-refractivity contribution in [2.75, 3.05) is 30.3 Å². The highest BCUT2D eigenvalue weighted by Gasteiger charge is 2.22. The number of rotatable bonds is 4. The number of nitrogens with two attached hydrogens (primary N) is 1. The molecule has 1 fully saturated rings. The summed E-state index contributed by atoms with van der Waals surface area (Å²) in [6.45, 7) is 6.82. The zero-order valence-corrected chi connectivity index (χ0v) is 11.2. The Kier molecular flexibility index (Phi) is 4.36. The van der Waals surface area contributed by atoms with Crippen LogP contribution in [0, 0.1) is 0 Å². The largest absolute Gasteiger partial charge is 0.383 e. The Bertz CT molecular complexity index is 397. The number of hydrogen-bond donors (Lipinski definition) is 1. The summed E-state index contributed by atoms with van der Waals surface area (Å²) in [5, 5.41) is 0. The molecule has 2 heterocycles. The summed E-state index contributed by atoms with van der Waals surface area (Å²) in [5.74, 6) is 1.60. The van der Waals surface area contributed by atoms with Crippen molar-refractivity contribution in [3.8, 4) is 0 Å². The molecule has 1 saturated heterocycles. The third-order valence-electron chi connectivity index (χ3n) is 3.35. The van der Waals surface area contributed by atoms with Gasteiger partial charge in [0.2, 0.25) is 0 Å². The minimum absolute atomic E-state index is 0.296. The van der Waals surface area contributed by atoms with Gasteiger partial charge in [-0.3, -0.25) is 0 Å². The molecule has 1 atom stereocenters. The molecule has 0 aromatic carbocycles. The van der Waals surface area contributed by atoms with Gasteiger partial charge in [0, 0.05) is 18.7 Å². The van der Waals surface area contributed by atoms with Gasteiger partial charge in [-0.25, -0.2) is 9.97 Å². The van der Waals surface area contributed by atoms with Gasteiger partial charge in [0.1, 0.15) is 18.0 Å². The molecule has 1 aromatic heterocycles. The van der Waals surface area contributed by atoms with Crippen LogP contribution in [-0.2, 0) is 11.2 Å². The average molecular weight is 250 g/mol. The molecule has 1 aromatic rings. The second-order valence-corrected chi connectivity index (χ2v) is 4.66. The fourth-order valence-electron chi connectivity index (χ4n) is 2.34. The summed E-state index contributed by atoms with van der Waals surface area (Å²) in [6.07, 6.45) is 4.85. The lowest BCUT2D eigenvalue weighted by Gasteiger charge is -2.34. The minimum Gasteiger partial charge on any atom is -0.383 e. The van der Waals surface area contributed by atoms with Gasteiger partial charge in [-0.15, -0.1) is 0 Å². The molecular weight excluding hydrogens is 228 g/mol. The molecule has 5 nitrogen and oxygen atoms in total. The van der Waals surface area contributed by atoms with Crippen LogP contribution in [0.15, 0.2) is 6.33 Å². The van der Waals surface area contributed by atoms with E-state index in [4.69, 9.17) is 10.5 Å². The van der Waals surface area contributed by atoms with Crippen LogP contribution >= 0.6 is 0 Å². The summed E-state index contributed by atoms with van der Waals surface area (Å²) in [6, 6.07) is 0. The third-order valence-corrected chi connectivity index (χ3v) is 3.35. The number of anilines is 2. The third kappa shape index (κ3) is 2.72. The van der Waals surface area contributed by atoms with E-state index >= 15 is 0 Å². The Morgan fingerprint density at radius 3 is 3.00 bits per heavy atom. The summed E-state index contributed by atoms with van der Waals surface area (Å²) in [4.78, 5) is 10.8. The van der Waals surface area contributed by atoms with Gasteiger partial charge in [-0.05, 0) is 12.8 Å². The van der Waals surface area contributed by atoms with Gasteiger partial charge < -0.3 is 15.4 Å². The molecule has 5 heteroatoms. The lowest BCUT2D eigenvalue weighted by molar-refractivity contribution is 0.0381. The fourth-order valence-corrected chi connectivity index (χ4v) is 2.34. The molecule has 1 aliphatic heterocycles. The van der Waals surface area contributed by atoms with E-state index in [1.807, 2.05) is 0 Å². The van der Waals surface area contributed by atoms with Crippen LogP contribution < -0.4 is 10.6 Å². The highest BCUT2D eigenvalue weighted by molar-refractivity contribution is 5.56. The smallest absolute Gasteiger partial charge is 0.137 e. The van der Waals surface area contributed by atoms with Crippen LogP contribution in [0.3, 0.4) is 0 Å². The zero-order valence-electron chi connectivity index (χ0n) is 11.2. The van der Waals surface area contributed by atoms with Crippen molar-refractivity contribution in [1.29, 1.82) is 0 Å². The van der Waals surface area contributed by atoms with E-state index in [1.165, 1.54) is 0 Å². The van der Waals surface area contributed by atoms with Crippen LogP contribution in [0.4, 0.5) is 11.6 Å². The van der Waals surface area contributed by atoms with Crippen LogP contribution in [0.2, 0.25) is 0 Å². The van der Waals surface area contributed by atoms with E-state index in [-0.39, 0.29) is 0 Å². The van der Waals surface area contributed by atoms with Crippen LogP contribution in [0.25, 0.3) is 0 Å². The maximum atomic E-state index is 5.97. The first-order valence-corrected chi connectivity index (χ1v) is 6.72. The molecule has 0 spiro atoms. The molecule has 0 radical (unpaired) electrons. The minimum atomic E-state index is 0.296. The molecule has 100 valence electrons. The van der Waals surface area contributed by atoms with Crippen molar-refractivity contribution >= 4 is 11.6 Å². The van der Waals surface area contributed by atoms with Gasteiger partial charge in [0.15, 0.2) is 0 Å². The molecule has 0 aliphatic carbocycles. The standard InChI is InChI=1S/C13H22N4O/c1-3-5-11-12(14)15-9-16-13(11)17-6-7-18-10(4-2)8-17/h9-10H,3-8H2,1-2H3,(H2,14,15,16). The Balaban J connectivity index is 2.23. The number of aromatic nitrogens is 2. The van der Waals surface area contributed by atoms with Crippen molar-refractivity contribution in [3.63, 3.8) is 0 Å². The highest BCUT2D eigenvalue weighted by Crippen LogP contribution is 2.25. The van der Waals surface area contributed by atoms with Crippen LogP contribution in [0.5, 0.6) is 0 Å². The van der Waals surface area contributed by atoms with E-state index in [0.29, 0.717) is 11.9 Å².